The third-order valence-electron chi connectivity index (χ3n) is 2.97. The minimum absolute atomic E-state index is 0. The summed E-state index contributed by atoms with van der Waals surface area (Å²) in [6, 6.07) is 7.04. The van der Waals surface area contributed by atoms with Gasteiger partial charge in [-0.05, 0) is 43.8 Å². The maximum atomic E-state index is 12.2. The van der Waals surface area contributed by atoms with Crippen LogP contribution in [0, 0.1) is 0 Å². The third-order valence-corrected chi connectivity index (χ3v) is 5.21. The third kappa shape index (κ3) is 4.65. The van der Waals surface area contributed by atoms with Gasteiger partial charge in [0.05, 0.1) is 4.90 Å². The highest BCUT2D eigenvalue weighted by Crippen LogP contribution is 2.19. The molecule has 2 rings (SSSR count). The Hall–Kier alpha value is -0.270. The molecule has 108 valence electrons. The minimum atomic E-state index is -3.40. The maximum absolute atomic E-state index is 12.2. The predicted octanol–water partition coefficient (Wildman–Crippen LogP) is 1.86. The van der Waals surface area contributed by atoms with Crippen LogP contribution in [-0.2, 0) is 10.0 Å². The number of piperidine rings is 1. The Labute approximate surface area is 125 Å². The molecule has 0 bridgehead atoms. The van der Waals surface area contributed by atoms with Crippen LogP contribution in [0.2, 0.25) is 0 Å². The van der Waals surface area contributed by atoms with Crippen LogP contribution in [0.5, 0.6) is 0 Å². The van der Waals surface area contributed by atoms with Crippen LogP contribution in [0.4, 0.5) is 0 Å². The number of halogens is 1. The van der Waals surface area contributed by atoms with E-state index in [1.54, 1.807) is 30.0 Å². The molecule has 0 radical (unpaired) electrons. The zero-order chi connectivity index (χ0) is 13.0. The average molecular weight is 323 g/mol. The molecular weight excluding hydrogens is 304 g/mol. The van der Waals surface area contributed by atoms with Gasteiger partial charge in [0.2, 0.25) is 10.0 Å². The van der Waals surface area contributed by atoms with Gasteiger partial charge in [0.1, 0.15) is 0 Å². The topological polar surface area (TPSA) is 58.2 Å². The minimum Gasteiger partial charge on any atom is -0.315 e. The normalized spacial score (nSPS) is 19.7. The van der Waals surface area contributed by atoms with E-state index >= 15 is 0 Å². The Balaban J connectivity index is 0.00000180. The van der Waals surface area contributed by atoms with Gasteiger partial charge in [-0.25, -0.2) is 13.1 Å². The van der Waals surface area contributed by atoms with Gasteiger partial charge in [-0.2, -0.15) is 0 Å². The molecule has 1 aliphatic heterocycles. The van der Waals surface area contributed by atoms with E-state index in [9.17, 15) is 8.42 Å². The summed E-state index contributed by atoms with van der Waals surface area (Å²) < 4.78 is 27.2. The lowest BCUT2D eigenvalue weighted by atomic mass is 10.1. The molecule has 0 saturated carbocycles. The van der Waals surface area contributed by atoms with Crippen molar-refractivity contribution in [3.63, 3.8) is 0 Å². The number of sulfonamides is 1. The Morgan fingerprint density at radius 2 is 2.21 bits per heavy atom. The first kappa shape index (κ1) is 16.8. The summed E-state index contributed by atoms with van der Waals surface area (Å²) in [5.41, 5.74) is 0. The molecule has 1 aromatic carbocycles. The summed E-state index contributed by atoms with van der Waals surface area (Å²) in [5, 5.41) is 3.20. The fourth-order valence-corrected chi connectivity index (χ4v) is 3.86. The summed E-state index contributed by atoms with van der Waals surface area (Å²) in [5.74, 6) is 0. The van der Waals surface area contributed by atoms with Gasteiger partial charge in [0.15, 0.2) is 0 Å². The summed E-state index contributed by atoms with van der Waals surface area (Å²) in [6.45, 7) is 1.68. The van der Waals surface area contributed by atoms with E-state index in [2.05, 4.69) is 10.0 Å². The molecule has 1 aromatic rings. The summed E-state index contributed by atoms with van der Waals surface area (Å²) in [7, 11) is -3.40. The number of benzene rings is 1. The number of thioether (sulfide) groups is 1. The molecule has 0 aromatic heterocycles. The fraction of sp³-hybridized carbons (Fsp3) is 0.500. The van der Waals surface area contributed by atoms with E-state index < -0.39 is 10.0 Å². The van der Waals surface area contributed by atoms with Crippen molar-refractivity contribution in [2.24, 2.45) is 0 Å². The van der Waals surface area contributed by atoms with Crippen molar-refractivity contribution in [2.45, 2.75) is 28.7 Å². The molecule has 1 fully saturated rings. The van der Waals surface area contributed by atoms with Crippen molar-refractivity contribution in [3.8, 4) is 0 Å². The maximum Gasteiger partial charge on any atom is 0.240 e. The van der Waals surface area contributed by atoms with Crippen LogP contribution in [0.3, 0.4) is 0 Å². The predicted molar refractivity (Wildman–Crippen MR) is 81.7 cm³/mol. The number of hydrogen-bond acceptors (Lipinski definition) is 4. The first-order chi connectivity index (χ1) is 8.62. The number of rotatable bonds is 4. The average Bonchev–Trinajstić information content (AvgIpc) is 2.39. The van der Waals surface area contributed by atoms with Gasteiger partial charge in [0, 0.05) is 17.5 Å². The molecular formula is C12H19ClN2O2S2. The monoisotopic (exact) mass is 322 g/mol. The van der Waals surface area contributed by atoms with Gasteiger partial charge in [0.25, 0.3) is 0 Å². The lowest BCUT2D eigenvalue weighted by Crippen LogP contribution is -2.45. The Bertz CT molecular complexity index is 502. The van der Waals surface area contributed by atoms with Crippen molar-refractivity contribution in [2.75, 3.05) is 19.3 Å². The Morgan fingerprint density at radius 1 is 1.42 bits per heavy atom. The van der Waals surface area contributed by atoms with Crippen molar-refractivity contribution in [3.05, 3.63) is 24.3 Å². The molecule has 1 aliphatic rings. The molecule has 0 spiro atoms. The first-order valence-electron chi connectivity index (χ1n) is 5.99. The Morgan fingerprint density at radius 3 is 2.84 bits per heavy atom. The van der Waals surface area contributed by atoms with Gasteiger partial charge in [-0.3, -0.25) is 0 Å². The van der Waals surface area contributed by atoms with E-state index in [0.717, 1.165) is 24.3 Å². The van der Waals surface area contributed by atoms with Crippen molar-refractivity contribution in [1.82, 2.24) is 10.0 Å². The number of hydrogen-bond donors (Lipinski definition) is 2. The van der Waals surface area contributed by atoms with Crippen molar-refractivity contribution < 1.29 is 8.42 Å². The second-order valence-corrected chi connectivity index (χ2v) is 6.94. The van der Waals surface area contributed by atoms with Crippen LogP contribution in [-0.4, -0.2) is 33.8 Å². The molecule has 1 saturated heterocycles. The van der Waals surface area contributed by atoms with Crippen molar-refractivity contribution >= 4 is 34.2 Å². The molecule has 0 amide bonds. The molecule has 19 heavy (non-hydrogen) atoms. The highest BCUT2D eigenvalue weighted by atomic mass is 35.5. The molecule has 2 N–H and O–H groups in total. The second-order valence-electron chi connectivity index (χ2n) is 4.34. The largest absolute Gasteiger partial charge is 0.315 e. The lowest BCUT2D eigenvalue weighted by molar-refractivity contribution is 0.428. The van der Waals surface area contributed by atoms with Crippen molar-refractivity contribution in [1.29, 1.82) is 0 Å². The van der Waals surface area contributed by atoms with Crippen LogP contribution in [0.25, 0.3) is 0 Å². The van der Waals surface area contributed by atoms with Gasteiger partial charge in [-0.1, -0.05) is 6.07 Å². The molecule has 0 aliphatic carbocycles. The fourth-order valence-electron chi connectivity index (χ4n) is 2.01. The zero-order valence-electron chi connectivity index (χ0n) is 10.8. The SMILES string of the molecule is CSc1cccc(S(=O)(=O)N[C@H]2CCCNC2)c1.Cl. The van der Waals surface area contributed by atoms with Crippen LogP contribution >= 0.6 is 24.2 Å². The summed E-state index contributed by atoms with van der Waals surface area (Å²) in [4.78, 5) is 1.31. The zero-order valence-corrected chi connectivity index (χ0v) is 13.2. The van der Waals surface area contributed by atoms with E-state index in [-0.39, 0.29) is 18.4 Å². The van der Waals surface area contributed by atoms with Crippen LogP contribution in [0.15, 0.2) is 34.1 Å². The van der Waals surface area contributed by atoms with Gasteiger partial charge in [-0.15, -0.1) is 24.2 Å². The molecule has 7 heteroatoms. The molecule has 4 nitrogen and oxygen atoms in total. The molecule has 0 unspecified atom stereocenters. The second kappa shape index (κ2) is 7.50. The first-order valence-corrected chi connectivity index (χ1v) is 8.70. The highest BCUT2D eigenvalue weighted by Gasteiger charge is 2.21. The van der Waals surface area contributed by atoms with Gasteiger partial charge < -0.3 is 5.32 Å². The van der Waals surface area contributed by atoms with E-state index in [0.29, 0.717) is 11.4 Å². The summed E-state index contributed by atoms with van der Waals surface area (Å²) >= 11 is 1.54. The van der Waals surface area contributed by atoms with E-state index in [4.69, 9.17) is 0 Å². The van der Waals surface area contributed by atoms with E-state index in [1.165, 1.54) is 0 Å². The Kier molecular flexibility index (Phi) is 6.62. The molecule has 1 atom stereocenters. The highest BCUT2D eigenvalue weighted by molar-refractivity contribution is 7.98. The van der Waals surface area contributed by atoms with E-state index in [1.807, 2.05) is 12.3 Å². The van der Waals surface area contributed by atoms with Gasteiger partial charge >= 0.3 is 0 Å². The number of nitrogens with one attached hydrogen (secondary N) is 2. The lowest BCUT2D eigenvalue weighted by Gasteiger charge is -2.23. The van der Waals surface area contributed by atoms with Crippen LogP contribution < -0.4 is 10.0 Å². The van der Waals surface area contributed by atoms with Crippen LogP contribution in [0.1, 0.15) is 12.8 Å². The molecule has 1 heterocycles. The standard InChI is InChI=1S/C12H18N2O2S2.ClH/c1-17-11-5-2-6-12(8-11)18(15,16)14-10-4-3-7-13-9-10;/h2,5-6,8,10,13-14H,3-4,7,9H2,1H3;1H/t10-;/m0./s1. The quantitative estimate of drug-likeness (QED) is 0.831. The summed E-state index contributed by atoms with van der Waals surface area (Å²) in [6.07, 6.45) is 3.84. The smallest absolute Gasteiger partial charge is 0.240 e.